The summed E-state index contributed by atoms with van der Waals surface area (Å²) in [5.41, 5.74) is 0.551. The topological polar surface area (TPSA) is 35.5 Å². The van der Waals surface area contributed by atoms with E-state index in [9.17, 15) is 4.79 Å². The number of hydrogen-bond donors (Lipinski definition) is 0. The molecular weight excluding hydrogens is 228 g/mol. The second-order valence-electron chi connectivity index (χ2n) is 3.35. The van der Waals surface area contributed by atoms with E-state index >= 15 is 0 Å². The van der Waals surface area contributed by atoms with Gasteiger partial charge in [-0.3, -0.25) is 4.79 Å². The fraction of sp³-hybridized carbons (Fsp3) is 0.417. The highest BCUT2D eigenvalue weighted by atomic mass is 35.5. The van der Waals surface area contributed by atoms with Crippen LogP contribution >= 0.6 is 11.6 Å². The van der Waals surface area contributed by atoms with Gasteiger partial charge in [-0.2, -0.15) is 0 Å². The monoisotopic (exact) mass is 242 g/mol. The Balaban J connectivity index is 3.00. The first-order valence-electron chi connectivity index (χ1n) is 5.04. The zero-order valence-electron chi connectivity index (χ0n) is 9.62. The van der Waals surface area contributed by atoms with E-state index in [0.717, 1.165) is 0 Å². The van der Waals surface area contributed by atoms with Crippen molar-refractivity contribution in [1.82, 2.24) is 0 Å². The maximum atomic E-state index is 12.0. The van der Waals surface area contributed by atoms with Crippen LogP contribution < -0.4 is 4.74 Å². The molecule has 16 heavy (non-hydrogen) atoms. The first-order chi connectivity index (χ1) is 7.63. The number of Topliss-reactive ketones (excluding diaryl/α,β-unsaturated/α-hetero) is 1. The maximum Gasteiger partial charge on any atom is 0.191 e. The van der Waals surface area contributed by atoms with Crippen LogP contribution in [0, 0.1) is 0 Å². The number of carbonyl (C=O) groups excluding carboxylic acids is 1. The molecule has 0 saturated heterocycles. The summed E-state index contributed by atoms with van der Waals surface area (Å²) in [6.07, 6.45) is 0.228. The molecule has 3 nitrogen and oxygen atoms in total. The first-order valence-corrected chi connectivity index (χ1v) is 5.42. The van der Waals surface area contributed by atoms with Gasteiger partial charge in [0.15, 0.2) is 5.78 Å². The summed E-state index contributed by atoms with van der Waals surface area (Å²) in [5.74, 6) is 0.443. The minimum Gasteiger partial charge on any atom is -0.495 e. The fourth-order valence-electron chi connectivity index (χ4n) is 1.46. The average Bonchev–Trinajstić information content (AvgIpc) is 2.31. The van der Waals surface area contributed by atoms with Crippen molar-refractivity contribution < 1.29 is 14.3 Å². The van der Waals surface area contributed by atoms with Crippen molar-refractivity contribution in [2.24, 2.45) is 0 Å². The largest absolute Gasteiger partial charge is 0.495 e. The van der Waals surface area contributed by atoms with Crippen LogP contribution in [0.5, 0.6) is 5.75 Å². The zero-order valence-corrected chi connectivity index (χ0v) is 10.4. The highest BCUT2D eigenvalue weighted by molar-refractivity contribution is 6.32. The Kier molecular flexibility index (Phi) is 4.77. The second-order valence-corrected chi connectivity index (χ2v) is 3.75. The third-order valence-corrected chi connectivity index (χ3v) is 2.70. The van der Waals surface area contributed by atoms with E-state index in [1.165, 1.54) is 14.2 Å². The summed E-state index contributed by atoms with van der Waals surface area (Å²) in [6, 6.07) is 4.96. The third-order valence-electron chi connectivity index (χ3n) is 2.38. The molecule has 0 aliphatic carbocycles. The Morgan fingerprint density at radius 2 is 2.12 bits per heavy atom. The molecule has 0 aliphatic rings. The second kappa shape index (κ2) is 5.87. The van der Waals surface area contributed by atoms with Gasteiger partial charge in [-0.1, -0.05) is 18.5 Å². The SMILES string of the molecule is CCC(OC)C(=O)c1ccc(Cl)c(OC)c1. The van der Waals surface area contributed by atoms with Crippen LogP contribution in [0.1, 0.15) is 23.7 Å². The molecule has 0 amide bonds. The highest BCUT2D eigenvalue weighted by Crippen LogP contribution is 2.25. The number of ether oxygens (including phenoxy) is 2. The van der Waals surface area contributed by atoms with Crippen molar-refractivity contribution in [2.75, 3.05) is 14.2 Å². The van der Waals surface area contributed by atoms with Gasteiger partial charge < -0.3 is 9.47 Å². The van der Waals surface area contributed by atoms with E-state index in [1.54, 1.807) is 18.2 Å². The minimum atomic E-state index is -0.411. The van der Waals surface area contributed by atoms with Gasteiger partial charge in [0.1, 0.15) is 11.9 Å². The van der Waals surface area contributed by atoms with Crippen LogP contribution in [0.25, 0.3) is 0 Å². The first kappa shape index (κ1) is 13.0. The molecule has 1 rings (SSSR count). The van der Waals surface area contributed by atoms with Gasteiger partial charge in [-0.15, -0.1) is 0 Å². The number of methoxy groups -OCH3 is 2. The quantitative estimate of drug-likeness (QED) is 0.745. The van der Waals surface area contributed by atoms with Crippen molar-refractivity contribution in [1.29, 1.82) is 0 Å². The van der Waals surface area contributed by atoms with Crippen molar-refractivity contribution in [3.63, 3.8) is 0 Å². The lowest BCUT2D eigenvalue weighted by Crippen LogP contribution is -2.22. The minimum absolute atomic E-state index is 0.0556. The van der Waals surface area contributed by atoms with Crippen LogP contribution in [0.3, 0.4) is 0 Å². The van der Waals surface area contributed by atoms with Crippen molar-refractivity contribution in [3.8, 4) is 5.75 Å². The Bertz CT molecular complexity index is 373. The number of carbonyl (C=O) groups is 1. The molecule has 0 N–H and O–H groups in total. The Morgan fingerprint density at radius 1 is 1.44 bits per heavy atom. The lowest BCUT2D eigenvalue weighted by Gasteiger charge is -2.12. The molecule has 0 fully saturated rings. The molecule has 4 heteroatoms. The highest BCUT2D eigenvalue weighted by Gasteiger charge is 2.18. The lowest BCUT2D eigenvalue weighted by atomic mass is 10.0. The van der Waals surface area contributed by atoms with Crippen LogP contribution in [0.4, 0.5) is 0 Å². The Morgan fingerprint density at radius 3 is 2.62 bits per heavy atom. The van der Waals surface area contributed by atoms with E-state index in [-0.39, 0.29) is 5.78 Å². The Labute approximate surface area is 100 Å². The lowest BCUT2D eigenvalue weighted by molar-refractivity contribution is 0.0595. The van der Waals surface area contributed by atoms with Crippen molar-refractivity contribution in [3.05, 3.63) is 28.8 Å². The summed E-state index contributed by atoms with van der Waals surface area (Å²) < 4.78 is 10.2. The van der Waals surface area contributed by atoms with Crippen molar-refractivity contribution in [2.45, 2.75) is 19.4 Å². The summed E-state index contributed by atoms with van der Waals surface area (Å²) in [7, 11) is 3.04. The van der Waals surface area contributed by atoms with Crippen LogP contribution in [-0.2, 0) is 4.74 Å². The molecule has 88 valence electrons. The predicted octanol–water partition coefficient (Wildman–Crippen LogP) is 2.96. The number of halogens is 1. The Hall–Kier alpha value is -1.06. The van der Waals surface area contributed by atoms with Gasteiger partial charge in [-0.25, -0.2) is 0 Å². The van der Waals surface area contributed by atoms with E-state index in [1.807, 2.05) is 6.92 Å². The van der Waals surface area contributed by atoms with Gasteiger partial charge in [0, 0.05) is 12.7 Å². The molecule has 0 heterocycles. The smallest absolute Gasteiger partial charge is 0.191 e. The summed E-state index contributed by atoms with van der Waals surface area (Å²) >= 11 is 5.88. The fourth-order valence-corrected chi connectivity index (χ4v) is 1.65. The third kappa shape index (κ3) is 2.74. The summed E-state index contributed by atoms with van der Waals surface area (Å²) in [6.45, 7) is 1.90. The normalized spacial score (nSPS) is 12.2. The molecule has 0 bridgehead atoms. The average molecular weight is 243 g/mol. The molecule has 0 saturated carbocycles. The van der Waals surface area contributed by atoms with E-state index < -0.39 is 6.10 Å². The zero-order chi connectivity index (χ0) is 12.1. The number of benzene rings is 1. The molecule has 1 unspecified atom stereocenters. The molecule has 1 aromatic carbocycles. The van der Waals surface area contributed by atoms with Crippen LogP contribution in [0.15, 0.2) is 18.2 Å². The van der Waals surface area contributed by atoms with Gasteiger partial charge in [0.2, 0.25) is 0 Å². The van der Waals surface area contributed by atoms with Crippen molar-refractivity contribution >= 4 is 17.4 Å². The number of hydrogen-bond acceptors (Lipinski definition) is 3. The molecule has 1 aromatic rings. The van der Waals surface area contributed by atoms with Gasteiger partial charge >= 0.3 is 0 Å². The van der Waals surface area contributed by atoms with Gasteiger partial charge in [-0.05, 0) is 24.6 Å². The molecule has 0 aliphatic heterocycles. The predicted molar refractivity (Wildman–Crippen MR) is 63.4 cm³/mol. The van der Waals surface area contributed by atoms with E-state index in [2.05, 4.69) is 0 Å². The van der Waals surface area contributed by atoms with E-state index in [4.69, 9.17) is 21.1 Å². The van der Waals surface area contributed by atoms with Gasteiger partial charge in [0.25, 0.3) is 0 Å². The standard InChI is InChI=1S/C12H15ClO3/c1-4-10(15-2)12(14)8-5-6-9(13)11(7-8)16-3/h5-7,10H,4H2,1-3H3. The molecule has 0 radical (unpaired) electrons. The molecule has 0 aromatic heterocycles. The van der Waals surface area contributed by atoms with E-state index in [0.29, 0.717) is 22.8 Å². The summed E-state index contributed by atoms with van der Waals surface area (Å²) in [5, 5.41) is 0.490. The van der Waals surface area contributed by atoms with Crippen LogP contribution in [0.2, 0.25) is 5.02 Å². The maximum absolute atomic E-state index is 12.0. The van der Waals surface area contributed by atoms with Crippen LogP contribution in [-0.4, -0.2) is 26.1 Å². The summed E-state index contributed by atoms with van der Waals surface area (Å²) in [4.78, 5) is 12.0. The number of rotatable bonds is 5. The molecule has 0 spiro atoms. The van der Waals surface area contributed by atoms with Gasteiger partial charge in [0.05, 0.1) is 12.1 Å². The molecule has 1 atom stereocenters. The number of ketones is 1. The molecular formula is C12H15ClO3.